The molecule has 0 radical (unpaired) electrons. The Morgan fingerprint density at radius 3 is 2.89 bits per heavy atom. The molecule has 18 heavy (non-hydrogen) atoms. The Kier molecular flexibility index (Phi) is 3.27. The van der Waals surface area contributed by atoms with Crippen molar-refractivity contribution in [3.63, 3.8) is 0 Å². The highest BCUT2D eigenvalue weighted by molar-refractivity contribution is 5.95. The summed E-state index contributed by atoms with van der Waals surface area (Å²) in [6, 6.07) is 5.41. The van der Waals surface area contributed by atoms with Gasteiger partial charge in [0.25, 0.3) is 0 Å². The lowest BCUT2D eigenvalue weighted by molar-refractivity contribution is 0.1000. The first-order chi connectivity index (χ1) is 8.58. The zero-order valence-corrected chi connectivity index (χ0v) is 10.3. The Morgan fingerprint density at radius 1 is 1.50 bits per heavy atom. The number of aromatic nitrogens is 3. The van der Waals surface area contributed by atoms with Crippen LogP contribution in [0.2, 0.25) is 0 Å². The molecule has 0 fully saturated rings. The van der Waals surface area contributed by atoms with Gasteiger partial charge >= 0.3 is 0 Å². The van der Waals surface area contributed by atoms with Gasteiger partial charge in [0.05, 0.1) is 6.54 Å². The number of amides is 1. The first-order valence-corrected chi connectivity index (χ1v) is 5.56. The molecule has 1 aromatic carbocycles. The number of hydrogen-bond donors (Lipinski definition) is 2. The smallest absolute Gasteiger partial charge is 0.249 e. The van der Waals surface area contributed by atoms with Crippen molar-refractivity contribution in [1.82, 2.24) is 15.0 Å². The van der Waals surface area contributed by atoms with Crippen molar-refractivity contribution in [2.75, 3.05) is 5.32 Å². The van der Waals surface area contributed by atoms with Gasteiger partial charge in [0.15, 0.2) is 0 Å². The van der Waals surface area contributed by atoms with Gasteiger partial charge in [0.2, 0.25) is 5.91 Å². The van der Waals surface area contributed by atoms with Gasteiger partial charge in [-0.25, -0.2) is 0 Å². The molecule has 2 aromatic rings. The minimum Gasteiger partial charge on any atom is -0.379 e. The van der Waals surface area contributed by atoms with E-state index in [0.717, 1.165) is 16.9 Å². The molecule has 0 bridgehead atoms. The molecule has 0 aliphatic carbocycles. The van der Waals surface area contributed by atoms with E-state index in [2.05, 4.69) is 15.6 Å². The molecule has 1 heterocycles. The standard InChI is InChI=1S/C12H15N5O/c1-8-10(12(13)18)4-3-5-11(8)14-6-9-7-17(2)16-15-9/h3-5,7,14H,6H2,1-2H3,(H2,13,18). The van der Waals surface area contributed by atoms with E-state index in [0.29, 0.717) is 12.1 Å². The van der Waals surface area contributed by atoms with Crippen LogP contribution in [0, 0.1) is 6.92 Å². The second-order valence-corrected chi connectivity index (χ2v) is 4.08. The molecule has 0 saturated carbocycles. The van der Waals surface area contributed by atoms with Crippen LogP contribution in [0.4, 0.5) is 5.69 Å². The van der Waals surface area contributed by atoms with Gasteiger partial charge < -0.3 is 11.1 Å². The molecule has 3 N–H and O–H groups in total. The third-order valence-electron chi connectivity index (χ3n) is 2.71. The predicted molar refractivity (Wildman–Crippen MR) is 68.0 cm³/mol. The number of aryl methyl sites for hydroxylation is 1. The van der Waals surface area contributed by atoms with Gasteiger partial charge in [0, 0.05) is 24.5 Å². The first-order valence-electron chi connectivity index (χ1n) is 5.56. The normalized spacial score (nSPS) is 10.3. The number of carbonyl (C=O) groups excluding carboxylic acids is 1. The van der Waals surface area contributed by atoms with Gasteiger partial charge in [-0.15, -0.1) is 5.10 Å². The molecule has 1 aromatic heterocycles. The maximum Gasteiger partial charge on any atom is 0.249 e. The Bertz CT molecular complexity index is 576. The topological polar surface area (TPSA) is 85.8 Å². The molecule has 0 aliphatic rings. The van der Waals surface area contributed by atoms with E-state index in [-0.39, 0.29) is 0 Å². The molecular weight excluding hydrogens is 230 g/mol. The summed E-state index contributed by atoms with van der Waals surface area (Å²) in [4.78, 5) is 11.2. The fraction of sp³-hybridized carbons (Fsp3) is 0.250. The predicted octanol–water partition coefficient (Wildman–Crippen LogP) is 0.835. The molecule has 6 heteroatoms. The number of nitrogens with two attached hydrogens (primary N) is 1. The summed E-state index contributed by atoms with van der Waals surface area (Å²) in [7, 11) is 1.81. The summed E-state index contributed by atoms with van der Waals surface area (Å²) in [5.41, 5.74) is 8.38. The third kappa shape index (κ3) is 2.48. The van der Waals surface area contributed by atoms with Crippen molar-refractivity contribution < 1.29 is 4.79 Å². The van der Waals surface area contributed by atoms with Crippen LogP contribution in [0.25, 0.3) is 0 Å². The monoisotopic (exact) mass is 245 g/mol. The average Bonchev–Trinajstić information content (AvgIpc) is 2.73. The second kappa shape index (κ2) is 4.87. The average molecular weight is 245 g/mol. The summed E-state index contributed by atoms with van der Waals surface area (Å²) in [6.07, 6.45) is 1.83. The van der Waals surface area contributed by atoms with Gasteiger partial charge in [0.1, 0.15) is 5.69 Å². The fourth-order valence-electron chi connectivity index (χ4n) is 1.76. The van der Waals surface area contributed by atoms with Crippen molar-refractivity contribution in [2.45, 2.75) is 13.5 Å². The molecule has 1 amide bonds. The van der Waals surface area contributed by atoms with E-state index in [1.54, 1.807) is 16.8 Å². The summed E-state index contributed by atoms with van der Waals surface area (Å²) < 4.78 is 1.64. The molecule has 0 atom stereocenters. The highest BCUT2D eigenvalue weighted by Crippen LogP contribution is 2.19. The number of benzene rings is 1. The van der Waals surface area contributed by atoms with Crippen molar-refractivity contribution in [3.8, 4) is 0 Å². The van der Waals surface area contributed by atoms with Crippen LogP contribution in [0.1, 0.15) is 21.6 Å². The molecule has 0 spiro atoms. The summed E-state index contributed by atoms with van der Waals surface area (Å²) in [5.74, 6) is -0.421. The SMILES string of the molecule is Cc1c(NCc2cn(C)nn2)cccc1C(N)=O. The minimum absolute atomic E-state index is 0.421. The summed E-state index contributed by atoms with van der Waals surface area (Å²) >= 11 is 0. The fourth-order valence-corrected chi connectivity index (χ4v) is 1.76. The molecule has 94 valence electrons. The number of rotatable bonds is 4. The molecule has 0 aliphatic heterocycles. The lowest BCUT2D eigenvalue weighted by Gasteiger charge is -2.10. The van der Waals surface area contributed by atoms with E-state index in [1.807, 2.05) is 26.2 Å². The maximum atomic E-state index is 11.2. The Balaban J connectivity index is 2.14. The van der Waals surface area contributed by atoms with E-state index in [9.17, 15) is 4.79 Å². The number of nitrogens with zero attached hydrogens (tertiary/aromatic N) is 3. The zero-order chi connectivity index (χ0) is 13.1. The van der Waals surface area contributed by atoms with Gasteiger partial charge in [-0.1, -0.05) is 11.3 Å². The number of hydrogen-bond acceptors (Lipinski definition) is 4. The van der Waals surface area contributed by atoms with Crippen molar-refractivity contribution in [2.24, 2.45) is 12.8 Å². The Hall–Kier alpha value is -2.37. The van der Waals surface area contributed by atoms with Crippen LogP contribution in [0.15, 0.2) is 24.4 Å². The number of carbonyl (C=O) groups is 1. The Labute approximate surface area is 105 Å². The van der Waals surface area contributed by atoms with Crippen LogP contribution >= 0.6 is 0 Å². The van der Waals surface area contributed by atoms with Gasteiger partial charge in [-0.2, -0.15) is 0 Å². The maximum absolute atomic E-state index is 11.2. The number of anilines is 1. The summed E-state index contributed by atoms with van der Waals surface area (Å²) in [6.45, 7) is 2.41. The lowest BCUT2D eigenvalue weighted by Crippen LogP contribution is -2.14. The van der Waals surface area contributed by atoms with Crippen LogP contribution in [0.3, 0.4) is 0 Å². The highest BCUT2D eigenvalue weighted by atomic mass is 16.1. The minimum atomic E-state index is -0.421. The first kappa shape index (κ1) is 12.1. The van der Waals surface area contributed by atoms with Crippen molar-refractivity contribution >= 4 is 11.6 Å². The van der Waals surface area contributed by atoms with Gasteiger partial charge in [-0.05, 0) is 24.6 Å². The molecule has 0 unspecified atom stereocenters. The molecule has 2 rings (SSSR count). The largest absolute Gasteiger partial charge is 0.379 e. The van der Waals surface area contributed by atoms with E-state index < -0.39 is 5.91 Å². The third-order valence-corrected chi connectivity index (χ3v) is 2.71. The van der Waals surface area contributed by atoms with Crippen LogP contribution in [-0.2, 0) is 13.6 Å². The lowest BCUT2D eigenvalue weighted by atomic mass is 10.1. The van der Waals surface area contributed by atoms with Crippen LogP contribution in [0.5, 0.6) is 0 Å². The summed E-state index contributed by atoms with van der Waals surface area (Å²) in [5, 5.41) is 11.0. The second-order valence-electron chi connectivity index (χ2n) is 4.08. The molecule has 0 saturated heterocycles. The van der Waals surface area contributed by atoms with Crippen molar-refractivity contribution in [3.05, 3.63) is 41.2 Å². The number of primary amides is 1. The highest BCUT2D eigenvalue weighted by Gasteiger charge is 2.08. The molecular formula is C12H15N5O. The molecule has 6 nitrogen and oxygen atoms in total. The van der Waals surface area contributed by atoms with Crippen LogP contribution in [-0.4, -0.2) is 20.9 Å². The van der Waals surface area contributed by atoms with Crippen LogP contribution < -0.4 is 11.1 Å². The van der Waals surface area contributed by atoms with Gasteiger partial charge in [-0.3, -0.25) is 9.48 Å². The number of nitrogens with one attached hydrogen (secondary N) is 1. The van der Waals surface area contributed by atoms with E-state index >= 15 is 0 Å². The Morgan fingerprint density at radius 2 is 2.28 bits per heavy atom. The zero-order valence-electron chi connectivity index (χ0n) is 10.3. The van der Waals surface area contributed by atoms with Crippen molar-refractivity contribution in [1.29, 1.82) is 0 Å². The van der Waals surface area contributed by atoms with E-state index in [4.69, 9.17) is 5.73 Å². The quantitative estimate of drug-likeness (QED) is 0.835. The van der Waals surface area contributed by atoms with E-state index in [1.165, 1.54) is 0 Å².